The van der Waals surface area contributed by atoms with E-state index in [1.165, 1.54) is 4.31 Å². The van der Waals surface area contributed by atoms with E-state index in [1.54, 1.807) is 25.1 Å². The van der Waals surface area contributed by atoms with E-state index in [0.717, 1.165) is 29.7 Å². The minimum atomic E-state index is -3.27. The van der Waals surface area contributed by atoms with Crippen LogP contribution in [0, 0.1) is 6.92 Å². The third-order valence-electron chi connectivity index (χ3n) is 4.50. The maximum Gasteiger partial charge on any atom is 0.255 e. The summed E-state index contributed by atoms with van der Waals surface area (Å²) in [6, 6.07) is 12.8. The third-order valence-corrected chi connectivity index (χ3v) is 6.28. The summed E-state index contributed by atoms with van der Waals surface area (Å²) in [7, 11) is -3.27. The fourth-order valence-electron chi connectivity index (χ4n) is 3.11. The van der Waals surface area contributed by atoms with Gasteiger partial charge in [0.15, 0.2) is 0 Å². The van der Waals surface area contributed by atoms with Crippen LogP contribution in [-0.4, -0.2) is 26.6 Å². The van der Waals surface area contributed by atoms with Crippen molar-refractivity contribution in [2.75, 3.05) is 21.9 Å². The third kappa shape index (κ3) is 3.54. The van der Waals surface area contributed by atoms with Gasteiger partial charge in [-0.25, -0.2) is 8.42 Å². The summed E-state index contributed by atoms with van der Waals surface area (Å²) in [6.07, 6.45) is 1.58. The molecule has 0 atom stereocenters. The lowest BCUT2D eigenvalue weighted by Crippen LogP contribution is -2.36. The summed E-state index contributed by atoms with van der Waals surface area (Å²) in [6.45, 7) is 4.06. The molecule has 132 valence electrons. The maximum absolute atomic E-state index is 12.5. The molecule has 0 radical (unpaired) electrons. The molecule has 0 saturated carbocycles. The van der Waals surface area contributed by atoms with E-state index >= 15 is 0 Å². The van der Waals surface area contributed by atoms with Crippen LogP contribution < -0.4 is 9.62 Å². The first-order valence-corrected chi connectivity index (χ1v) is 10.0. The van der Waals surface area contributed by atoms with E-state index in [-0.39, 0.29) is 11.7 Å². The number of nitrogens with one attached hydrogen (secondary N) is 1. The van der Waals surface area contributed by atoms with Crippen LogP contribution in [0.2, 0.25) is 0 Å². The molecule has 5 nitrogen and oxygen atoms in total. The van der Waals surface area contributed by atoms with Crippen LogP contribution in [0.15, 0.2) is 42.5 Å². The van der Waals surface area contributed by atoms with Crippen molar-refractivity contribution in [3.63, 3.8) is 0 Å². The summed E-state index contributed by atoms with van der Waals surface area (Å²) >= 11 is 0. The Bertz CT molecular complexity index is 907. The number of hydrogen-bond donors (Lipinski definition) is 1. The molecule has 0 bridgehead atoms. The molecule has 0 unspecified atom stereocenters. The number of aryl methyl sites for hydroxylation is 2. The van der Waals surface area contributed by atoms with Gasteiger partial charge in [0.25, 0.3) is 5.91 Å². The highest BCUT2D eigenvalue weighted by Gasteiger charge is 2.26. The van der Waals surface area contributed by atoms with Gasteiger partial charge >= 0.3 is 0 Å². The number of benzene rings is 2. The number of hydrogen-bond acceptors (Lipinski definition) is 3. The van der Waals surface area contributed by atoms with Gasteiger partial charge < -0.3 is 5.32 Å². The van der Waals surface area contributed by atoms with E-state index in [0.29, 0.717) is 17.8 Å². The van der Waals surface area contributed by atoms with E-state index in [2.05, 4.69) is 5.32 Å². The van der Waals surface area contributed by atoms with Crippen LogP contribution in [0.25, 0.3) is 0 Å². The van der Waals surface area contributed by atoms with Gasteiger partial charge in [0.05, 0.1) is 11.4 Å². The van der Waals surface area contributed by atoms with E-state index < -0.39 is 10.0 Å². The minimum absolute atomic E-state index is 0.0816. The van der Waals surface area contributed by atoms with Crippen LogP contribution in [0.5, 0.6) is 0 Å². The summed E-state index contributed by atoms with van der Waals surface area (Å²) in [5, 5.41) is 2.91. The topological polar surface area (TPSA) is 66.5 Å². The van der Waals surface area contributed by atoms with Gasteiger partial charge in [0.1, 0.15) is 0 Å². The van der Waals surface area contributed by atoms with Gasteiger partial charge in [0, 0.05) is 17.8 Å². The standard InChI is InChI=1S/C19H22N2O3S/c1-3-25(23,24)21-12-6-8-15-13-16(10-11-18(15)21)20-19(22)17-9-5-4-7-14(17)2/h4-5,7,9-11,13H,3,6,8,12H2,1-2H3,(H,20,22). The van der Waals surface area contributed by atoms with Gasteiger partial charge in [-0.15, -0.1) is 0 Å². The number of sulfonamides is 1. The second kappa shape index (κ2) is 6.88. The van der Waals surface area contributed by atoms with Crippen LogP contribution in [0.1, 0.15) is 34.8 Å². The molecule has 1 aliphatic heterocycles. The smallest absolute Gasteiger partial charge is 0.255 e. The maximum atomic E-state index is 12.5. The Morgan fingerprint density at radius 1 is 1.20 bits per heavy atom. The summed E-state index contributed by atoms with van der Waals surface area (Å²) in [5.74, 6) is -0.0787. The number of carbonyl (C=O) groups excluding carboxylic acids is 1. The zero-order valence-corrected chi connectivity index (χ0v) is 15.3. The van der Waals surface area contributed by atoms with E-state index in [9.17, 15) is 13.2 Å². The first-order valence-electron chi connectivity index (χ1n) is 8.42. The molecule has 25 heavy (non-hydrogen) atoms. The summed E-state index contributed by atoms with van der Waals surface area (Å²) < 4.78 is 26.0. The first kappa shape index (κ1) is 17.5. The van der Waals surface area contributed by atoms with Gasteiger partial charge in [-0.05, 0) is 62.1 Å². The first-order chi connectivity index (χ1) is 11.9. The number of nitrogens with zero attached hydrogens (tertiary/aromatic N) is 1. The molecular formula is C19H22N2O3S. The molecule has 0 spiro atoms. The highest BCUT2D eigenvalue weighted by atomic mass is 32.2. The zero-order chi connectivity index (χ0) is 18.0. The van der Waals surface area contributed by atoms with Crippen LogP contribution >= 0.6 is 0 Å². The second-order valence-corrected chi connectivity index (χ2v) is 8.37. The van der Waals surface area contributed by atoms with Crippen molar-refractivity contribution in [2.45, 2.75) is 26.7 Å². The molecule has 2 aromatic carbocycles. The zero-order valence-electron chi connectivity index (χ0n) is 14.5. The molecule has 1 amide bonds. The number of amides is 1. The van der Waals surface area contributed by atoms with Crippen LogP contribution in [0.3, 0.4) is 0 Å². The molecular weight excluding hydrogens is 336 g/mol. The number of carbonyl (C=O) groups is 1. The molecule has 6 heteroatoms. The Kier molecular flexibility index (Phi) is 4.81. The van der Waals surface area contributed by atoms with Crippen molar-refractivity contribution in [3.8, 4) is 0 Å². The van der Waals surface area contributed by atoms with Crippen molar-refractivity contribution < 1.29 is 13.2 Å². The average molecular weight is 358 g/mol. The molecule has 0 fully saturated rings. The number of anilines is 2. The molecule has 0 aromatic heterocycles. The largest absolute Gasteiger partial charge is 0.322 e. The average Bonchev–Trinajstić information content (AvgIpc) is 2.61. The molecule has 0 aliphatic carbocycles. The highest BCUT2D eigenvalue weighted by Crippen LogP contribution is 2.32. The predicted molar refractivity (Wildman–Crippen MR) is 101 cm³/mol. The monoisotopic (exact) mass is 358 g/mol. The Hall–Kier alpha value is -2.34. The minimum Gasteiger partial charge on any atom is -0.322 e. The van der Waals surface area contributed by atoms with Crippen LogP contribution in [-0.2, 0) is 16.4 Å². The Balaban J connectivity index is 1.87. The molecule has 3 rings (SSSR count). The lowest BCUT2D eigenvalue weighted by atomic mass is 10.0. The van der Waals surface area contributed by atoms with Crippen molar-refractivity contribution in [3.05, 3.63) is 59.2 Å². The quantitative estimate of drug-likeness (QED) is 0.911. The van der Waals surface area contributed by atoms with Gasteiger partial charge in [0.2, 0.25) is 10.0 Å². The van der Waals surface area contributed by atoms with E-state index in [4.69, 9.17) is 0 Å². The number of fused-ring (bicyclic) bond motifs is 1. The lowest BCUT2D eigenvalue weighted by Gasteiger charge is -2.30. The molecule has 0 saturated heterocycles. The van der Waals surface area contributed by atoms with E-state index in [1.807, 2.05) is 31.2 Å². The molecule has 2 aromatic rings. The second-order valence-electron chi connectivity index (χ2n) is 6.19. The SMILES string of the molecule is CCS(=O)(=O)N1CCCc2cc(NC(=O)c3ccccc3C)ccc21. The molecule has 1 N–H and O–H groups in total. The predicted octanol–water partition coefficient (Wildman–Crippen LogP) is 3.35. The Morgan fingerprint density at radius 3 is 2.68 bits per heavy atom. The Labute approximate surface area is 148 Å². The normalized spacial score (nSPS) is 14.1. The summed E-state index contributed by atoms with van der Waals surface area (Å²) in [5.41, 5.74) is 3.91. The van der Waals surface area contributed by atoms with Gasteiger partial charge in [-0.3, -0.25) is 9.10 Å². The Morgan fingerprint density at radius 2 is 1.96 bits per heavy atom. The van der Waals surface area contributed by atoms with Crippen molar-refractivity contribution in [2.24, 2.45) is 0 Å². The fourth-order valence-corrected chi connectivity index (χ4v) is 4.31. The number of rotatable bonds is 4. The van der Waals surface area contributed by atoms with Gasteiger partial charge in [-0.1, -0.05) is 18.2 Å². The highest BCUT2D eigenvalue weighted by molar-refractivity contribution is 7.92. The van der Waals surface area contributed by atoms with Gasteiger partial charge in [-0.2, -0.15) is 0 Å². The lowest BCUT2D eigenvalue weighted by molar-refractivity contribution is 0.102. The van der Waals surface area contributed by atoms with Crippen molar-refractivity contribution >= 4 is 27.3 Å². The molecule has 1 heterocycles. The fraction of sp³-hybridized carbons (Fsp3) is 0.316. The molecule has 1 aliphatic rings. The van der Waals surface area contributed by atoms with Crippen molar-refractivity contribution in [1.82, 2.24) is 0 Å². The van der Waals surface area contributed by atoms with Crippen LogP contribution in [0.4, 0.5) is 11.4 Å². The summed E-state index contributed by atoms with van der Waals surface area (Å²) in [4.78, 5) is 12.5. The van der Waals surface area contributed by atoms with Crippen molar-refractivity contribution in [1.29, 1.82) is 0 Å².